The molecule has 31 heavy (non-hydrogen) atoms. The first-order chi connectivity index (χ1) is 15.1. The lowest BCUT2D eigenvalue weighted by Crippen LogP contribution is -2.29. The van der Waals surface area contributed by atoms with Crippen LogP contribution in [-0.4, -0.2) is 33.3 Å². The van der Waals surface area contributed by atoms with Gasteiger partial charge in [0.05, 0.1) is 30.7 Å². The maximum atomic E-state index is 13.0. The Kier molecular flexibility index (Phi) is 5.84. The zero-order chi connectivity index (χ0) is 21.8. The molecular formula is C24H22N2O5. The van der Waals surface area contributed by atoms with E-state index >= 15 is 0 Å². The topological polar surface area (TPSA) is 92.9 Å². The average Bonchev–Trinajstić information content (AvgIpc) is 3.41. The number of hydrogen-bond acceptors (Lipinski definition) is 6. The SMILES string of the molecule is CCCOc1cccc(/C(O)=C2/C(=O)C(=O)N(Cc3ccccn3)C2c2ccco2)c1. The molecule has 2 aromatic heterocycles. The Morgan fingerprint density at radius 1 is 1.16 bits per heavy atom. The fourth-order valence-corrected chi connectivity index (χ4v) is 3.56. The summed E-state index contributed by atoms with van der Waals surface area (Å²) in [4.78, 5) is 31.5. The van der Waals surface area contributed by atoms with Crippen molar-refractivity contribution >= 4 is 17.4 Å². The van der Waals surface area contributed by atoms with E-state index in [-0.39, 0.29) is 17.9 Å². The van der Waals surface area contributed by atoms with Crippen LogP contribution in [0.4, 0.5) is 0 Å². The molecule has 3 aromatic rings. The number of ketones is 1. The number of pyridine rings is 1. The van der Waals surface area contributed by atoms with Gasteiger partial charge in [-0.15, -0.1) is 0 Å². The van der Waals surface area contributed by atoms with Crippen molar-refractivity contribution in [2.45, 2.75) is 25.9 Å². The number of aliphatic hydroxyl groups excluding tert-OH is 1. The van der Waals surface area contributed by atoms with Crippen LogP contribution >= 0.6 is 0 Å². The highest BCUT2D eigenvalue weighted by Crippen LogP contribution is 2.40. The second-order valence-electron chi connectivity index (χ2n) is 7.14. The summed E-state index contributed by atoms with van der Waals surface area (Å²) in [7, 11) is 0. The van der Waals surface area contributed by atoms with E-state index < -0.39 is 17.7 Å². The molecule has 1 atom stereocenters. The third-order valence-corrected chi connectivity index (χ3v) is 4.99. The molecule has 0 radical (unpaired) electrons. The normalized spacial score (nSPS) is 17.8. The van der Waals surface area contributed by atoms with Crippen molar-refractivity contribution < 1.29 is 23.8 Å². The van der Waals surface area contributed by atoms with Crippen LogP contribution in [0.5, 0.6) is 5.75 Å². The van der Waals surface area contributed by atoms with Crippen LogP contribution in [0, 0.1) is 0 Å². The molecule has 1 amide bonds. The zero-order valence-electron chi connectivity index (χ0n) is 17.0. The van der Waals surface area contributed by atoms with Crippen LogP contribution < -0.4 is 4.74 Å². The maximum absolute atomic E-state index is 13.0. The smallest absolute Gasteiger partial charge is 0.296 e. The number of furan rings is 1. The molecule has 1 fully saturated rings. The minimum Gasteiger partial charge on any atom is -0.507 e. The molecule has 4 rings (SSSR count). The number of benzene rings is 1. The lowest BCUT2D eigenvalue weighted by atomic mass is 9.99. The minimum atomic E-state index is -0.864. The molecule has 0 bridgehead atoms. The molecule has 7 nitrogen and oxygen atoms in total. The summed E-state index contributed by atoms with van der Waals surface area (Å²) in [6.45, 7) is 2.63. The zero-order valence-corrected chi connectivity index (χ0v) is 17.0. The molecule has 1 N–H and O–H groups in total. The van der Waals surface area contributed by atoms with Gasteiger partial charge in [0.2, 0.25) is 0 Å². The molecule has 3 heterocycles. The molecule has 1 unspecified atom stereocenters. The number of aliphatic hydroxyl groups is 1. The Hall–Kier alpha value is -3.87. The lowest BCUT2D eigenvalue weighted by Gasteiger charge is -2.22. The van der Waals surface area contributed by atoms with E-state index in [9.17, 15) is 14.7 Å². The van der Waals surface area contributed by atoms with E-state index in [2.05, 4.69) is 4.98 Å². The molecule has 7 heteroatoms. The van der Waals surface area contributed by atoms with Gasteiger partial charge >= 0.3 is 0 Å². The van der Waals surface area contributed by atoms with E-state index in [0.717, 1.165) is 6.42 Å². The molecule has 0 saturated carbocycles. The Labute approximate surface area is 179 Å². The second kappa shape index (κ2) is 8.87. The standard InChI is InChI=1S/C24H22N2O5/c1-2-12-30-18-9-5-7-16(14-18)22(27)20-21(19-10-6-13-31-19)26(24(29)23(20)28)15-17-8-3-4-11-25-17/h3-11,13-14,21,27H,2,12,15H2,1H3/b22-20-. The first-order valence-electron chi connectivity index (χ1n) is 10.0. The van der Waals surface area contributed by atoms with Crippen LogP contribution in [0.1, 0.15) is 36.4 Å². The van der Waals surface area contributed by atoms with Crippen molar-refractivity contribution in [2.75, 3.05) is 6.61 Å². The first kappa shape index (κ1) is 20.4. The van der Waals surface area contributed by atoms with Crippen LogP contribution in [0.25, 0.3) is 5.76 Å². The summed E-state index contributed by atoms with van der Waals surface area (Å²) in [5, 5.41) is 11.1. The molecule has 1 aromatic carbocycles. The molecule has 0 aliphatic carbocycles. The molecule has 1 saturated heterocycles. The summed E-state index contributed by atoms with van der Waals surface area (Å²) >= 11 is 0. The quantitative estimate of drug-likeness (QED) is 0.353. The summed E-state index contributed by atoms with van der Waals surface area (Å²) in [6.07, 6.45) is 3.93. The Bertz CT molecular complexity index is 1110. The van der Waals surface area contributed by atoms with Crippen molar-refractivity contribution in [3.8, 4) is 5.75 Å². The second-order valence-corrected chi connectivity index (χ2v) is 7.14. The largest absolute Gasteiger partial charge is 0.507 e. The Balaban J connectivity index is 1.78. The molecule has 158 valence electrons. The van der Waals surface area contributed by atoms with E-state index in [4.69, 9.17) is 9.15 Å². The highest BCUT2D eigenvalue weighted by molar-refractivity contribution is 6.46. The number of carbonyl (C=O) groups excluding carboxylic acids is 2. The van der Waals surface area contributed by atoms with Crippen molar-refractivity contribution in [3.63, 3.8) is 0 Å². The van der Waals surface area contributed by atoms with Gasteiger partial charge in [-0.25, -0.2) is 0 Å². The van der Waals surface area contributed by atoms with Crippen LogP contribution in [-0.2, 0) is 16.1 Å². The third-order valence-electron chi connectivity index (χ3n) is 4.99. The predicted molar refractivity (Wildman–Crippen MR) is 113 cm³/mol. The van der Waals surface area contributed by atoms with Crippen LogP contribution in [0.3, 0.4) is 0 Å². The highest BCUT2D eigenvalue weighted by atomic mass is 16.5. The van der Waals surface area contributed by atoms with Gasteiger partial charge in [0.25, 0.3) is 11.7 Å². The summed E-state index contributed by atoms with van der Waals surface area (Å²) in [5.41, 5.74) is 0.987. The number of amides is 1. The van der Waals surface area contributed by atoms with Gasteiger partial charge in [-0.3, -0.25) is 14.6 Å². The average molecular weight is 418 g/mol. The Morgan fingerprint density at radius 2 is 2.03 bits per heavy atom. The van der Waals surface area contributed by atoms with E-state index in [1.165, 1.54) is 11.2 Å². The summed E-state index contributed by atoms with van der Waals surface area (Å²) < 4.78 is 11.2. The van der Waals surface area contributed by atoms with Crippen molar-refractivity contribution in [3.05, 3.63) is 89.6 Å². The molecule has 1 aliphatic rings. The number of nitrogens with zero attached hydrogens (tertiary/aromatic N) is 2. The number of ether oxygens (including phenoxy) is 1. The van der Waals surface area contributed by atoms with Crippen LogP contribution in [0.15, 0.2) is 77.0 Å². The summed E-state index contributed by atoms with van der Waals surface area (Å²) in [6, 6.07) is 14.7. The maximum Gasteiger partial charge on any atom is 0.296 e. The number of aromatic nitrogens is 1. The van der Waals surface area contributed by atoms with E-state index in [1.54, 1.807) is 54.7 Å². The van der Waals surface area contributed by atoms with Gasteiger partial charge in [0.1, 0.15) is 23.3 Å². The van der Waals surface area contributed by atoms with Gasteiger partial charge in [0.15, 0.2) is 0 Å². The molecular weight excluding hydrogens is 396 g/mol. The summed E-state index contributed by atoms with van der Waals surface area (Å²) in [5.74, 6) is -0.801. The van der Waals surface area contributed by atoms with Gasteiger partial charge in [-0.2, -0.15) is 0 Å². The fourth-order valence-electron chi connectivity index (χ4n) is 3.56. The van der Waals surface area contributed by atoms with E-state index in [0.29, 0.717) is 29.4 Å². The minimum absolute atomic E-state index is 0.0245. The number of Topliss-reactive ketones (excluding diaryl/α,β-unsaturated/α-hetero) is 1. The van der Waals surface area contributed by atoms with Gasteiger partial charge < -0.3 is 19.2 Å². The van der Waals surface area contributed by atoms with Crippen molar-refractivity contribution in [1.29, 1.82) is 0 Å². The first-order valence-corrected chi connectivity index (χ1v) is 10.0. The fraction of sp³-hybridized carbons (Fsp3) is 0.208. The van der Waals surface area contributed by atoms with Crippen molar-refractivity contribution in [1.82, 2.24) is 9.88 Å². The van der Waals surface area contributed by atoms with Gasteiger partial charge in [-0.05, 0) is 42.8 Å². The van der Waals surface area contributed by atoms with E-state index in [1.807, 2.05) is 13.0 Å². The number of hydrogen-bond donors (Lipinski definition) is 1. The highest BCUT2D eigenvalue weighted by Gasteiger charge is 2.47. The number of carbonyl (C=O) groups is 2. The number of likely N-dealkylation sites (tertiary alicyclic amines) is 1. The van der Waals surface area contributed by atoms with Gasteiger partial charge in [-0.1, -0.05) is 25.1 Å². The Morgan fingerprint density at radius 3 is 2.74 bits per heavy atom. The lowest BCUT2D eigenvalue weighted by molar-refractivity contribution is -0.140. The third kappa shape index (κ3) is 4.07. The monoisotopic (exact) mass is 418 g/mol. The van der Waals surface area contributed by atoms with Crippen molar-refractivity contribution in [2.24, 2.45) is 0 Å². The van der Waals surface area contributed by atoms with Crippen LogP contribution in [0.2, 0.25) is 0 Å². The van der Waals surface area contributed by atoms with Gasteiger partial charge in [0, 0.05) is 11.8 Å². The predicted octanol–water partition coefficient (Wildman–Crippen LogP) is 4.09. The molecule has 0 spiro atoms. The number of rotatable bonds is 7. The molecule has 1 aliphatic heterocycles.